The summed E-state index contributed by atoms with van der Waals surface area (Å²) >= 11 is 1.49. The number of nitrogens with zero attached hydrogens (tertiary/aromatic N) is 1. The van der Waals surface area contributed by atoms with Crippen LogP contribution in [0, 0.1) is 0 Å². The van der Waals surface area contributed by atoms with Crippen LogP contribution in [-0.2, 0) is 20.9 Å². The number of ether oxygens (including phenoxy) is 1. The normalized spacial score (nSPS) is 10.6. The second-order valence-electron chi connectivity index (χ2n) is 6.13. The standard InChI is InChI=1S/C21H20N2O4S/c24-17(15-6-2-1-3-7-15)10-11-19(25)22-13-12-21(26)27-14-20-23-16-8-4-5-9-18(16)28-20/h1-9H,10-14H2,(H,22,25). The zero-order chi connectivity index (χ0) is 19.8. The number of aromatic nitrogens is 1. The molecule has 7 heteroatoms. The molecule has 0 unspecified atom stereocenters. The summed E-state index contributed by atoms with van der Waals surface area (Å²) in [5.74, 6) is -0.742. The monoisotopic (exact) mass is 396 g/mol. The van der Waals surface area contributed by atoms with Gasteiger partial charge in [-0.15, -0.1) is 11.3 Å². The summed E-state index contributed by atoms with van der Waals surface area (Å²) in [5.41, 5.74) is 1.48. The van der Waals surface area contributed by atoms with Gasteiger partial charge in [0.05, 0.1) is 16.6 Å². The summed E-state index contributed by atoms with van der Waals surface area (Å²) in [4.78, 5) is 40.0. The number of benzene rings is 2. The Morgan fingerprint density at radius 1 is 0.929 bits per heavy atom. The Balaban J connectivity index is 1.32. The number of esters is 1. The van der Waals surface area contributed by atoms with Crippen LogP contribution in [0.1, 0.15) is 34.6 Å². The van der Waals surface area contributed by atoms with E-state index >= 15 is 0 Å². The number of hydrogen-bond donors (Lipinski definition) is 1. The van der Waals surface area contributed by atoms with Crippen molar-refractivity contribution in [3.8, 4) is 0 Å². The van der Waals surface area contributed by atoms with Crippen molar-refractivity contribution in [1.29, 1.82) is 0 Å². The van der Waals surface area contributed by atoms with E-state index in [1.165, 1.54) is 11.3 Å². The number of rotatable bonds is 9. The molecule has 0 saturated heterocycles. The maximum Gasteiger partial charge on any atom is 0.307 e. The van der Waals surface area contributed by atoms with E-state index in [1.807, 2.05) is 30.3 Å². The van der Waals surface area contributed by atoms with Crippen molar-refractivity contribution in [1.82, 2.24) is 10.3 Å². The van der Waals surface area contributed by atoms with E-state index in [0.29, 0.717) is 5.56 Å². The van der Waals surface area contributed by atoms with E-state index in [-0.39, 0.29) is 44.1 Å². The minimum atomic E-state index is -0.403. The van der Waals surface area contributed by atoms with E-state index in [1.54, 1.807) is 24.3 Å². The lowest BCUT2D eigenvalue weighted by atomic mass is 10.1. The Kier molecular flexibility index (Phi) is 6.86. The quantitative estimate of drug-likeness (QED) is 0.442. The molecule has 1 amide bonds. The molecule has 0 aliphatic heterocycles. The zero-order valence-corrected chi connectivity index (χ0v) is 16.0. The third-order valence-corrected chi connectivity index (χ3v) is 5.03. The van der Waals surface area contributed by atoms with Crippen LogP contribution in [0.5, 0.6) is 0 Å². The van der Waals surface area contributed by atoms with Crippen LogP contribution in [0.25, 0.3) is 10.2 Å². The Morgan fingerprint density at radius 3 is 2.46 bits per heavy atom. The third kappa shape index (κ3) is 5.72. The highest BCUT2D eigenvalue weighted by atomic mass is 32.1. The van der Waals surface area contributed by atoms with Gasteiger partial charge in [-0.2, -0.15) is 0 Å². The Hall–Kier alpha value is -3.06. The first-order valence-electron chi connectivity index (χ1n) is 8.97. The van der Waals surface area contributed by atoms with Crippen LogP contribution in [0.3, 0.4) is 0 Å². The van der Waals surface area contributed by atoms with Crippen molar-refractivity contribution >= 4 is 39.2 Å². The van der Waals surface area contributed by atoms with Crippen molar-refractivity contribution in [2.24, 2.45) is 0 Å². The Labute approximate surface area is 166 Å². The van der Waals surface area contributed by atoms with Crippen molar-refractivity contribution in [3.63, 3.8) is 0 Å². The van der Waals surface area contributed by atoms with Crippen LogP contribution in [-0.4, -0.2) is 29.2 Å². The number of carbonyl (C=O) groups excluding carboxylic acids is 3. The molecule has 0 radical (unpaired) electrons. The maximum atomic E-state index is 12.0. The second kappa shape index (κ2) is 9.75. The first-order valence-corrected chi connectivity index (χ1v) is 9.78. The molecule has 0 fully saturated rings. The molecule has 2 aromatic carbocycles. The van der Waals surface area contributed by atoms with Crippen LogP contribution in [0.15, 0.2) is 54.6 Å². The molecular formula is C21H20N2O4S. The summed E-state index contributed by atoms with van der Waals surface area (Å²) in [6.07, 6.45) is 0.301. The Bertz CT molecular complexity index is 936. The molecule has 0 saturated carbocycles. The molecule has 1 aromatic heterocycles. The van der Waals surface area contributed by atoms with Gasteiger partial charge in [-0.1, -0.05) is 42.5 Å². The van der Waals surface area contributed by atoms with Crippen molar-refractivity contribution in [3.05, 3.63) is 65.2 Å². The average molecular weight is 396 g/mol. The smallest absolute Gasteiger partial charge is 0.307 e. The molecule has 6 nitrogen and oxygen atoms in total. The lowest BCUT2D eigenvalue weighted by molar-refractivity contribution is -0.144. The van der Waals surface area contributed by atoms with Crippen molar-refractivity contribution in [2.75, 3.05) is 6.54 Å². The van der Waals surface area contributed by atoms with Gasteiger partial charge < -0.3 is 10.1 Å². The van der Waals surface area contributed by atoms with Gasteiger partial charge in [0.1, 0.15) is 11.6 Å². The van der Waals surface area contributed by atoms with Crippen LogP contribution < -0.4 is 5.32 Å². The van der Waals surface area contributed by atoms with Crippen LogP contribution in [0.4, 0.5) is 0 Å². The fraction of sp³-hybridized carbons (Fsp3) is 0.238. The summed E-state index contributed by atoms with van der Waals surface area (Å²) in [6.45, 7) is 0.300. The predicted octanol–water partition coefficient (Wildman–Crippen LogP) is 3.51. The fourth-order valence-electron chi connectivity index (χ4n) is 2.58. The number of ketones is 1. The highest BCUT2D eigenvalue weighted by Gasteiger charge is 2.11. The lowest BCUT2D eigenvalue weighted by Crippen LogP contribution is -2.26. The summed E-state index contributed by atoms with van der Waals surface area (Å²) in [7, 11) is 0. The van der Waals surface area contributed by atoms with Gasteiger partial charge in [-0.05, 0) is 12.1 Å². The minimum Gasteiger partial charge on any atom is -0.458 e. The highest BCUT2D eigenvalue weighted by molar-refractivity contribution is 7.18. The van der Waals surface area contributed by atoms with Crippen LogP contribution in [0.2, 0.25) is 0 Å². The summed E-state index contributed by atoms with van der Waals surface area (Å²) in [6, 6.07) is 16.6. The number of para-hydroxylation sites is 1. The summed E-state index contributed by atoms with van der Waals surface area (Å²) < 4.78 is 6.25. The predicted molar refractivity (Wildman–Crippen MR) is 107 cm³/mol. The molecule has 3 aromatic rings. The topological polar surface area (TPSA) is 85.4 Å². The first kappa shape index (κ1) is 19.7. The maximum absolute atomic E-state index is 12.0. The summed E-state index contributed by atoms with van der Waals surface area (Å²) in [5, 5.41) is 3.37. The van der Waals surface area contributed by atoms with Gasteiger partial charge in [0.15, 0.2) is 5.78 Å². The number of amides is 1. The highest BCUT2D eigenvalue weighted by Crippen LogP contribution is 2.22. The molecular weight excluding hydrogens is 376 g/mol. The number of fused-ring (bicyclic) bond motifs is 1. The van der Waals surface area contributed by atoms with Gasteiger partial charge in [-0.25, -0.2) is 4.98 Å². The van der Waals surface area contributed by atoms with E-state index in [4.69, 9.17) is 4.74 Å². The number of hydrogen-bond acceptors (Lipinski definition) is 6. The molecule has 3 rings (SSSR count). The number of thiazole rings is 1. The molecule has 144 valence electrons. The van der Waals surface area contributed by atoms with Gasteiger partial charge in [0, 0.05) is 24.9 Å². The van der Waals surface area contributed by atoms with Gasteiger partial charge in [0.25, 0.3) is 0 Å². The van der Waals surface area contributed by atoms with Crippen molar-refractivity contribution < 1.29 is 19.1 Å². The SMILES string of the molecule is O=C(CCC(=O)c1ccccc1)NCCC(=O)OCc1nc2ccccc2s1. The van der Waals surface area contributed by atoms with Crippen molar-refractivity contribution in [2.45, 2.75) is 25.9 Å². The van der Waals surface area contributed by atoms with Crippen LogP contribution >= 0.6 is 11.3 Å². The number of carbonyl (C=O) groups is 3. The van der Waals surface area contributed by atoms with Gasteiger partial charge >= 0.3 is 5.97 Å². The molecule has 0 atom stereocenters. The molecule has 0 aliphatic rings. The minimum absolute atomic E-state index is 0.0727. The van der Waals surface area contributed by atoms with E-state index < -0.39 is 5.97 Å². The van der Waals surface area contributed by atoms with Gasteiger partial charge in [0.2, 0.25) is 5.91 Å². The number of Topliss-reactive ketones (excluding diaryl/α,β-unsaturated/α-hetero) is 1. The molecule has 1 heterocycles. The van der Waals surface area contributed by atoms with Gasteiger partial charge in [-0.3, -0.25) is 14.4 Å². The largest absolute Gasteiger partial charge is 0.458 e. The molecule has 28 heavy (non-hydrogen) atoms. The molecule has 1 N–H and O–H groups in total. The Morgan fingerprint density at radius 2 is 1.68 bits per heavy atom. The molecule has 0 aliphatic carbocycles. The molecule has 0 bridgehead atoms. The third-order valence-electron chi connectivity index (χ3n) is 4.02. The first-order chi connectivity index (χ1) is 13.6. The van der Waals surface area contributed by atoms with E-state index in [2.05, 4.69) is 10.3 Å². The lowest BCUT2D eigenvalue weighted by Gasteiger charge is -2.05. The van der Waals surface area contributed by atoms with E-state index in [9.17, 15) is 14.4 Å². The van der Waals surface area contributed by atoms with E-state index in [0.717, 1.165) is 15.2 Å². The zero-order valence-electron chi connectivity index (χ0n) is 15.2. The number of nitrogens with one attached hydrogen (secondary N) is 1. The average Bonchev–Trinajstić information content (AvgIpc) is 3.14. The molecule has 0 spiro atoms. The fourth-order valence-corrected chi connectivity index (χ4v) is 3.46. The second-order valence-corrected chi connectivity index (χ2v) is 7.24.